The van der Waals surface area contributed by atoms with E-state index in [1.807, 2.05) is 30.3 Å². The molecule has 2 heterocycles. The molecule has 2 saturated heterocycles. The molecular formula is C24H30N4O5S. The summed E-state index contributed by atoms with van der Waals surface area (Å²) in [5.41, 5.74) is 2.02. The van der Waals surface area contributed by atoms with E-state index in [1.54, 1.807) is 17.9 Å². The molecule has 2 fully saturated rings. The van der Waals surface area contributed by atoms with Crippen LogP contribution in [0.1, 0.15) is 15.9 Å². The van der Waals surface area contributed by atoms with E-state index in [0.717, 1.165) is 18.8 Å². The first-order valence-corrected chi connectivity index (χ1v) is 12.8. The second-order valence-electron chi connectivity index (χ2n) is 8.38. The Labute approximate surface area is 200 Å². The summed E-state index contributed by atoms with van der Waals surface area (Å²) in [5, 5.41) is 2.67. The van der Waals surface area contributed by atoms with Gasteiger partial charge in [0.25, 0.3) is 5.91 Å². The minimum Gasteiger partial charge on any atom is -0.379 e. The van der Waals surface area contributed by atoms with Crippen molar-refractivity contribution in [1.29, 1.82) is 0 Å². The molecular weight excluding hydrogens is 456 g/mol. The highest BCUT2D eigenvalue weighted by Crippen LogP contribution is 2.21. The van der Waals surface area contributed by atoms with Gasteiger partial charge in [-0.25, -0.2) is 8.42 Å². The van der Waals surface area contributed by atoms with Gasteiger partial charge in [0.1, 0.15) is 0 Å². The standard InChI is InChI=1S/C24H30N4O5S/c1-19-7-8-21(34(31,32)28-13-15-33-16-14-28)17-22(19)24(30)25-18-23(29)27-11-9-26(10-12-27)20-5-3-2-4-6-20/h2-8,17H,9-16,18H2,1H3,(H,25,30). The van der Waals surface area contributed by atoms with Crippen molar-refractivity contribution in [3.63, 3.8) is 0 Å². The van der Waals surface area contributed by atoms with Crippen LogP contribution in [0.15, 0.2) is 53.4 Å². The number of amides is 2. The van der Waals surface area contributed by atoms with Gasteiger partial charge in [-0.1, -0.05) is 24.3 Å². The third-order valence-corrected chi connectivity index (χ3v) is 8.11. The van der Waals surface area contributed by atoms with Crippen LogP contribution in [0.2, 0.25) is 0 Å². The number of anilines is 1. The molecule has 0 aliphatic carbocycles. The summed E-state index contributed by atoms with van der Waals surface area (Å²) in [6, 6.07) is 14.6. The number of para-hydroxylation sites is 1. The second kappa shape index (κ2) is 10.5. The molecule has 0 spiro atoms. The van der Waals surface area contributed by atoms with Gasteiger partial charge in [-0.15, -0.1) is 0 Å². The largest absolute Gasteiger partial charge is 0.379 e. The number of nitrogens with zero attached hydrogens (tertiary/aromatic N) is 3. The lowest BCUT2D eigenvalue weighted by Crippen LogP contribution is -2.51. The lowest BCUT2D eigenvalue weighted by atomic mass is 10.1. The zero-order valence-electron chi connectivity index (χ0n) is 19.3. The van der Waals surface area contributed by atoms with E-state index in [9.17, 15) is 18.0 Å². The summed E-state index contributed by atoms with van der Waals surface area (Å²) in [5.74, 6) is -0.622. The molecule has 0 radical (unpaired) electrons. The molecule has 0 bridgehead atoms. The van der Waals surface area contributed by atoms with Crippen molar-refractivity contribution in [3.05, 3.63) is 59.7 Å². The van der Waals surface area contributed by atoms with Crippen LogP contribution in [0, 0.1) is 6.92 Å². The highest BCUT2D eigenvalue weighted by Gasteiger charge is 2.28. The topological polar surface area (TPSA) is 99.3 Å². The molecule has 2 amide bonds. The van der Waals surface area contributed by atoms with Gasteiger partial charge in [0.2, 0.25) is 15.9 Å². The Morgan fingerprint density at radius 1 is 0.941 bits per heavy atom. The number of hydrogen-bond donors (Lipinski definition) is 1. The van der Waals surface area contributed by atoms with Gasteiger partial charge in [0, 0.05) is 50.5 Å². The Bertz CT molecular complexity index is 1130. The molecule has 1 N–H and O–H groups in total. The van der Waals surface area contributed by atoms with Crippen molar-refractivity contribution in [1.82, 2.24) is 14.5 Å². The van der Waals surface area contributed by atoms with Crippen LogP contribution in [0.25, 0.3) is 0 Å². The summed E-state index contributed by atoms with van der Waals surface area (Å²) in [6.07, 6.45) is 0. The first kappa shape index (κ1) is 24.2. The first-order valence-electron chi connectivity index (χ1n) is 11.4. The van der Waals surface area contributed by atoms with E-state index < -0.39 is 15.9 Å². The maximum absolute atomic E-state index is 12.9. The second-order valence-corrected chi connectivity index (χ2v) is 10.3. The van der Waals surface area contributed by atoms with E-state index in [4.69, 9.17) is 4.74 Å². The molecule has 2 aromatic carbocycles. The summed E-state index contributed by atoms with van der Waals surface area (Å²) >= 11 is 0. The number of rotatable bonds is 6. The lowest BCUT2D eigenvalue weighted by Gasteiger charge is -2.36. The lowest BCUT2D eigenvalue weighted by molar-refractivity contribution is -0.130. The SMILES string of the molecule is Cc1ccc(S(=O)(=O)N2CCOCC2)cc1C(=O)NCC(=O)N1CCN(c2ccccc2)CC1. The number of aryl methyl sites for hydroxylation is 1. The molecule has 2 aliphatic rings. The van der Waals surface area contributed by atoms with Gasteiger partial charge in [0.05, 0.1) is 24.7 Å². The summed E-state index contributed by atoms with van der Waals surface area (Å²) < 4.78 is 32.5. The van der Waals surface area contributed by atoms with Crippen molar-refractivity contribution in [3.8, 4) is 0 Å². The number of hydrogen-bond acceptors (Lipinski definition) is 6. The fourth-order valence-electron chi connectivity index (χ4n) is 4.16. The van der Waals surface area contributed by atoms with Gasteiger partial charge in [-0.3, -0.25) is 9.59 Å². The van der Waals surface area contributed by atoms with Crippen LogP contribution in [0.3, 0.4) is 0 Å². The van der Waals surface area contributed by atoms with Crippen molar-refractivity contribution in [2.75, 3.05) is 63.9 Å². The normalized spacial score (nSPS) is 17.4. The average molecular weight is 487 g/mol. The Morgan fingerprint density at radius 2 is 1.62 bits per heavy atom. The molecule has 2 aromatic rings. The molecule has 0 aromatic heterocycles. The van der Waals surface area contributed by atoms with Crippen LogP contribution in [-0.4, -0.2) is 88.5 Å². The molecule has 10 heteroatoms. The number of carbonyl (C=O) groups excluding carboxylic acids is 2. The van der Waals surface area contributed by atoms with Gasteiger partial charge >= 0.3 is 0 Å². The van der Waals surface area contributed by atoms with Crippen LogP contribution in [0.5, 0.6) is 0 Å². The maximum atomic E-state index is 12.9. The van der Waals surface area contributed by atoms with Crippen LogP contribution in [-0.2, 0) is 19.6 Å². The molecule has 0 saturated carbocycles. The molecule has 9 nitrogen and oxygen atoms in total. The van der Waals surface area contributed by atoms with Gasteiger partial charge < -0.3 is 19.9 Å². The number of nitrogens with one attached hydrogen (secondary N) is 1. The molecule has 2 aliphatic heterocycles. The predicted octanol–water partition coefficient (Wildman–Crippen LogP) is 1.09. The number of benzene rings is 2. The zero-order valence-corrected chi connectivity index (χ0v) is 20.1. The van der Waals surface area contributed by atoms with Crippen LogP contribution < -0.4 is 10.2 Å². The number of morpholine rings is 1. The Balaban J connectivity index is 1.35. The fourth-order valence-corrected chi connectivity index (χ4v) is 5.59. The van der Waals surface area contributed by atoms with Crippen molar-refractivity contribution in [2.45, 2.75) is 11.8 Å². The highest BCUT2D eigenvalue weighted by atomic mass is 32.2. The van der Waals surface area contributed by atoms with Gasteiger partial charge in [0.15, 0.2) is 0 Å². The minimum absolute atomic E-state index is 0.0634. The summed E-state index contributed by atoms with van der Waals surface area (Å²) in [7, 11) is -3.72. The minimum atomic E-state index is -3.72. The smallest absolute Gasteiger partial charge is 0.252 e. The number of carbonyl (C=O) groups is 2. The monoisotopic (exact) mass is 486 g/mol. The molecule has 4 rings (SSSR count). The van der Waals surface area contributed by atoms with E-state index >= 15 is 0 Å². The molecule has 34 heavy (non-hydrogen) atoms. The van der Waals surface area contributed by atoms with Crippen molar-refractivity contribution >= 4 is 27.5 Å². The first-order chi connectivity index (χ1) is 16.4. The quantitative estimate of drug-likeness (QED) is 0.657. The van der Waals surface area contributed by atoms with E-state index in [2.05, 4.69) is 10.2 Å². The van der Waals surface area contributed by atoms with Gasteiger partial charge in [-0.05, 0) is 36.8 Å². The van der Waals surface area contributed by atoms with E-state index in [0.29, 0.717) is 31.9 Å². The number of ether oxygens (including phenoxy) is 1. The third kappa shape index (κ3) is 5.40. The van der Waals surface area contributed by atoms with E-state index in [1.165, 1.54) is 16.4 Å². The van der Waals surface area contributed by atoms with Crippen LogP contribution in [0.4, 0.5) is 5.69 Å². The number of sulfonamides is 1. The zero-order chi connectivity index (χ0) is 24.1. The fraction of sp³-hybridized carbons (Fsp3) is 0.417. The molecule has 182 valence electrons. The van der Waals surface area contributed by atoms with Crippen LogP contribution >= 0.6 is 0 Å². The number of piperazine rings is 1. The summed E-state index contributed by atoms with van der Waals surface area (Å²) in [6.45, 7) is 5.48. The molecule has 0 atom stereocenters. The Hall–Kier alpha value is -2.95. The third-order valence-electron chi connectivity index (χ3n) is 6.22. The Kier molecular flexibility index (Phi) is 7.50. The average Bonchev–Trinajstić information content (AvgIpc) is 2.88. The summed E-state index contributed by atoms with van der Waals surface area (Å²) in [4.78, 5) is 29.5. The van der Waals surface area contributed by atoms with E-state index in [-0.39, 0.29) is 36.0 Å². The van der Waals surface area contributed by atoms with Crippen molar-refractivity contribution < 1.29 is 22.7 Å². The molecule has 0 unspecified atom stereocenters. The maximum Gasteiger partial charge on any atom is 0.252 e. The Morgan fingerprint density at radius 3 is 2.29 bits per heavy atom. The van der Waals surface area contributed by atoms with Gasteiger partial charge in [-0.2, -0.15) is 4.31 Å². The predicted molar refractivity (Wildman–Crippen MR) is 128 cm³/mol. The highest BCUT2D eigenvalue weighted by molar-refractivity contribution is 7.89. The van der Waals surface area contributed by atoms with Crippen molar-refractivity contribution in [2.24, 2.45) is 0 Å².